The van der Waals surface area contributed by atoms with Crippen molar-refractivity contribution in [2.24, 2.45) is 16.4 Å². The van der Waals surface area contributed by atoms with Crippen LogP contribution < -0.4 is 5.01 Å². The number of anilines is 1. The SMILES string of the molecule is CC1(C)CC(=O)C2C(=NN(c3ccccc3)C2c2c(O)ccc3ccccc23)C1. The van der Waals surface area contributed by atoms with Crippen LogP contribution in [0.2, 0.25) is 0 Å². The van der Waals surface area contributed by atoms with Crippen molar-refractivity contribution in [3.05, 3.63) is 72.3 Å². The summed E-state index contributed by atoms with van der Waals surface area (Å²) in [7, 11) is 0. The highest BCUT2D eigenvalue weighted by Crippen LogP contribution is 2.50. The van der Waals surface area contributed by atoms with E-state index in [4.69, 9.17) is 5.10 Å². The number of hydrazone groups is 1. The molecule has 4 nitrogen and oxygen atoms in total. The number of phenols is 1. The molecule has 0 radical (unpaired) electrons. The number of carbonyl (C=O) groups excluding carboxylic acids is 1. The van der Waals surface area contributed by atoms with E-state index in [0.717, 1.165) is 34.2 Å². The molecule has 0 saturated heterocycles. The number of hydrogen-bond donors (Lipinski definition) is 1. The zero-order valence-corrected chi connectivity index (χ0v) is 16.7. The standard InChI is InChI=1S/C25H24N2O2/c1-25(2)14-19-23(21(29)15-25)24(27(26-19)17-9-4-3-5-10-17)22-18-11-7-6-8-16(18)12-13-20(22)28/h3-13,23-24,28H,14-15H2,1-2H3. The molecule has 1 N–H and O–H groups in total. The number of rotatable bonds is 2. The zero-order valence-electron chi connectivity index (χ0n) is 16.7. The third-order valence-corrected chi connectivity index (χ3v) is 6.10. The number of phenolic OH excluding ortho intramolecular Hbond substituents is 1. The van der Waals surface area contributed by atoms with Crippen LogP contribution in [0.4, 0.5) is 5.69 Å². The lowest BCUT2D eigenvalue weighted by molar-refractivity contribution is -0.124. The van der Waals surface area contributed by atoms with E-state index in [1.165, 1.54) is 0 Å². The lowest BCUT2D eigenvalue weighted by Gasteiger charge is -2.35. The maximum Gasteiger partial charge on any atom is 0.144 e. The minimum absolute atomic E-state index is 0.0928. The van der Waals surface area contributed by atoms with Gasteiger partial charge in [0.2, 0.25) is 0 Å². The molecule has 1 heterocycles. The summed E-state index contributed by atoms with van der Waals surface area (Å²) in [5, 5.41) is 19.8. The summed E-state index contributed by atoms with van der Waals surface area (Å²) in [6.45, 7) is 4.25. The van der Waals surface area contributed by atoms with E-state index in [2.05, 4.69) is 13.8 Å². The Morgan fingerprint density at radius 2 is 1.69 bits per heavy atom. The fraction of sp³-hybridized carbons (Fsp3) is 0.280. The third kappa shape index (κ3) is 2.91. The summed E-state index contributed by atoms with van der Waals surface area (Å²) < 4.78 is 0. The normalized spacial score (nSPS) is 23.2. The van der Waals surface area contributed by atoms with E-state index in [0.29, 0.717) is 6.42 Å². The summed E-state index contributed by atoms with van der Waals surface area (Å²) in [5.41, 5.74) is 2.54. The van der Waals surface area contributed by atoms with Gasteiger partial charge in [-0.05, 0) is 40.8 Å². The molecule has 3 aromatic carbocycles. The summed E-state index contributed by atoms with van der Waals surface area (Å²) in [6, 6.07) is 21.3. The van der Waals surface area contributed by atoms with Crippen molar-refractivity contribution in [2.75, 3.05) is 5.01 Å². The van der Waals surface area contributed by atoms with Gasteiger partial charge in [0.25, 0.3) is 0 Å². The fourth-order valence-corrected chi connectivity index (χ4v) is 4.91. The Morgan fingerprint density at radius 3 is 2.48 bits per heavy atom. The van der Waals surface area contributed by atoms with Gasteiger partial charge in [0, 0.05) is 12.0 Å². The smallest absolute Gasteiger partial charge is 0.144 e. The molecule has 3 aromatic rings. The van der Waals surface area contributed by atoms with Crippen molar-refractivity contribution >= 4 is 28.0 Å². The Labute approximate surface area is 170 Å². The number of benzene rings is 3. The van der Waals surface area contributed by atoms with Crippen LogP contribution in [0, 0.1) is 11.3 Å². The molecular weight excluding hydrogens is 360 g/mol. The molecule has 29 heavy (non-hydrogen) atoms. The van der Waals surface area contributed by atoms with Crippen molar-refractivity contribution in [2.45, 2.75) is 32.7 Å². The molecule has 1 saturated carbocycles. The molecule has 2 aliphatic rings. The Bertz CT molecular complexity index is 1130. The minimum atomic E-state index is -0.345. The molecule has 5 rings (SSSR count). The van der Waals surface area contributed by atoms with Gasteiger partial charge in [0.15, 0.2) is 0 Å². The zero-order chi connectivity index (χ0) is 20.2. The summed E-state index contributed by atoms with van der Waals surface area (Å²) in [5.74, 6) is 0.0828. The molecule has 0 aromatic heterocycles. The number of fused-ring (bicyclic) bond motifs is 2. The topological polar surface area (TPSA) is 52.9 Å². The summed E-state index contributed by atoms with van der Waals surface area (Å²) in [6.07, 6.45) is 1.32. The van der Waals surface area contributed by atoms with Gasteiger partial charge in [-0.15, -0.1) is 0 Å². The Morgan fingerprint density at radius 1 is 0.966 bits per heavy atom. The maximum absolute atomic E-state index is 13.3. The number of ketones is 1. The molecule has 0 spiro atoms. The second kappa shape index (κ2) is 6.45. The third-order valence-electron chi connectivity index (χ3n) is 6.10. The van der Waals surface area contributed by atoms with Crippen LogP contribution >= 0.6 is 0 Å². The number of para-hydroxylation sites is 1. The maximum atomic E-state index is 13.3. The predicted octanol–water partition coefficient (Wildman–Crippen LogP) is 5.47. The van der Waals surface area contributed by atoms with Gasteiger partial charge in [-0.2, -0.15) is 5.10 Å². The predicted molar refractivity (Wildman–Crippen MR) is 116 cm³/mol. The highest BCUT2D eigenvalue weighted by atomic mass is 16.3. The Balaban J connectivity index is 1.74. The molecular formula is C25H24N2O2. The van der Waals surface area contributed by atoms with E-state index in [1.54, 1.807) is 6.07 Å². The minimum Gasteiger partial charge on any atom is -0.508 e. The van der Waals surface area contributed by atoms with E-state index >= 15 is 0 Å². The van der Waals surface area contributed by atoms with E-state index in [1.807, 2.05) is 65.7 Å². The van der Waals surface area contributed by atoms with Crippen molar-refractivity contribution in [3.8, 4) is 5.75 Å². The van der Waals surface area contributed by atoms with Crippen molar-refractivity contribution < 1.29 is 9.90 Å². The van der Waals surface area contributed by atoms with Gasteiger partial charge in [-0.25, -0.2) is 0 Å². The highest BCUT2D eigenvalue weighted by Gasteiger charge is 2.49. The number of Topliss-reactive ketones (excluding diaryl/α,β-unsaturated/α-hetero) is 1. The van der Waals surface area contributed by atoms with Crippen LogP contribution in [-0.2, 0) is 4.79 Å². The molecule has 146 valence electrons. The van der Waals surface area contributed by atoms with Crippen LogP contribution in [0.5, 0.6) is 5.75 Å². The number of aromatic hydroxyl groups is 1. The molecule has 4 heteroatoms. The molecule has 0 amide bonds. The highest BCUT2D eigenvalue weighted by molar-refractivity contribution is 6.11. The molecule has 2 unspecified atom stereocenters. The van der Waals surface area contributed by atoms with Crippen molar-refractivity contribution in [1.29, 1.82) is 0 Å². The van der Waals surface area contributed by atoms with E-state index in [-0.39, 0.29) is 28.9 Å². The quantitative estimate of drug-likeness (QED) is 0.637. The lowest BCUT2D eigenvalue weighted by Crippen LogP contribution is -2.39. The molecule has 1 fully saturated rings. The second-order valence-corrected chi connectivity index (χ2v) is 8.90. The van der Waals surface area contributed by atoms with Crippen molar-refractivity contribution in [1.82, 2.24) is 0 Å². The van der Waals surface area contributed by atoms with Crippen molar-refractivity contribution in [3.63, 3.8) is 0 Å². The van der Waals surface area contributed by atoms with Gasteiger partial charge in [-0.3, -0.25) is 9.80 Å². The average Bonchev–Trinajstić information content (AvgIpc) is 3.06. The number of carbonyl (C=O) groups is 1. The van der Waals surface area contributed by atoms with Gasteiger partial charge in [0.05, 0.1) is 23.4 Å². The fourth-order valence-electron chi connectivity index (χ4n) is 4.91. The molecule has 1 aliphatic carbocycles. The van der Waals surface area contributed by atoms with Gasteiger partial charge < -0.3 is 5.11 Å². The molecule has 2 atom stereocenters. The van der Waals surface area contributed by atoms with Crippen LogP contribution in [0.1, 0.15) is 38.3 Å². The largest absolute Gasteiger partial charge is 0.508 e. The second-order valence-electron chi connectivity index (χ2n) is 8.90. The Kier molecular flexibility index (Phi) is 3.98. The van der Waals surface area contributed by atoms with Crippen LogP contribution in [0.15, 0.2) is 71.8 Å². The van der Waals surface area contributed by atoms with E-state index in [9.17, 15) is 9.90 Å². The lowest BCUT2D eigenvalue weighted by atomic mass is 9.68. The summed E-state index contributed by atoms with van der Waals surface area (Å²) >= 11 is 0. The Hall–Kier alpha value is -3.14. The monoisotopic (exact) mass is 384 g/mol. The number of nitrogens with zero attached hydrogens (tertiary/aromatic N) is 2. The van der Waals surface area contributed by atoms with Gasteiger partial charge in [0.1, 0.15) is 11.5 Å². The number of hydrogen-bond acceptors (Lipinski definition) is 4. The first-order valence-corrected chi connectivity index (χ1v) is 10.1. The van der Waals surface area contributed by atoms with Gasteiger partial charge >= 0.3 is 0 Å². The van der Waals surface area contributed by atoms with Crippen LogP contribution in [0.3, 0.4) is 0 Å². The van der Waals surface area contributed by atoms with Crippen LogP contribution in [0.25, 0.3) is 10.8 Å². The summed E-state index contributed by atoms with van der Waals surface area (Å²) in [4.78, 5) is 13.3. The molecule has 1 aliphatic heterocycles. The average molecular weight is 384 g/mol. The van der Waals surface area contributed by atoms with E-state index < -0.39 is 0 Å². The van der Waals surface area contributed by atoms with Gasteiger partial charge in [-0.1, -0.05) is 62.4 Å². The van der Waals surface area contributed by atoms with Crippen LogP contribution in [-0.4, -0.2) is 16.6 Å². The first-order chi connectivity index (χ1) is 13.9. The first kappa shape index (κ1) is 17.9. The molecule has 0 bridgehead atoms. The first-order valence-electron chi connectivity index (χ1n) is 10.1.